The third-order valence-corrected chi connectivity index (χ3v) is 2.98. The van der Waals surface area contributed by atoms with Gasteiger partial charge in [-0.25, -0.2) is 8.78 Å². The van der Waals surface area contributed by atoms with Crippen LogP contribution in [0.4, 0.5) is 8.78 Å². The first kappa shape index (κ1) is 13.7. The number of nitrogens with zero attached hydrogens (tertiary/aromatic N) is 1. The van der Waals surface area contributed by atoms with Gasteiger partial charge >= 0.3 is 0 Å². The molecule has 1 aliphatic heterocycles. The minimum Gasteiger partial charge on any atom is -0.333 e. The molecule has 0 aromatic heterocycles. The lowest BCUT2D eigenvalue weighted by Gasteiger charge is -2.26. The quantitative estimate of drug-likeness (QED) is 0.764. The van der Waals surface area contributed by atoms with E-state index in [9.17, 15) is 13.6 Å². The summed E-state index contributed by atoms with van der Waals surface area (Å²) in [5.41, 5.74) is 0. The zero-order valence-corrected chi connectivity index (χ0v) is 10.8. The predicted octanol–water partition coefficient (Wildman–Crippen LogP) is 2.59. The Labute approximate surface area is 101 Å². The maximum Gasteiger partial charge on any atom is 0.267 e. The van der Waals surface area contributed by atoms with Gasteiger partial charge in [0, 0.05) is 23.6 Å². The van der Waals surface area contributed by atoms with Crippen molar-refractivity contribution in [3.05, 3.63) is 0 Å². The van der Waals surface area contributed by atoms with Crippen LogP contribution in [0.3, 0.4) is 0 Å². The maximum atomic E-state index is 13.3. The average Bonchev–Trinajstić information content (AvgIpc) is 2.38. The third kappa shape index (κ3) is 3.34. The summed E-state index contributed by atoms with van der Waals surface area (Å²) < 4.78 is 26.6. The molecule has 0 aromatic carbocycles. The monoisotopic (exact) mass is 251 g/mol. The molecule has 1 heterocycles. The van der Waals surface area contributed by atoms with E-state index in [4.69, 9.17) is 0 Å². The molecule has 94 valence electrons. The van der Waals surface area contributed by atoms with E-state index >= 15 is 0 Å². The first-order valence-corrected chi connectivity index (χ1v) is 6.11. The number of thiol groups is 1. The van der Waals surface area contributed by atoms with Gasteiger partial charge in [0.2, 0.25) is 5.91 Å². The number of carbonyl (C=O) groups is 1. The number of alkyl halides is 2. The fourth-order valence-corrected chi connectivity index (χ4v) is 2.33. The molecular weight excluding hydrogens is 232 g/mol. The molecule has 0 N–H and O–H groups in total. The molecule has 0 aliphatic carbocycles. The Morgan fingerprint density at radius 2 is 2.06 bits per heavy atom. The molecule has 2 nitrogen and oxygen atoms in total. The Bertz CT molecular complexity index is 269. The van der Waals surface area contributed by atoms with Crippen LogP contribution in [-0.2, 0) is 4.79 Å². The Hall–Kier alpha value is -0.320. The maximum absolute atomic E-state index is 13.3. The highest BCUT2D eigenvalue weighted by Gasteiger charge is 2.47. The molecule has 0 radical (unpaired) electrons. The molecule has 16 heavy (non-hydrogen) atoms. The minimum atomic E-state index is -2.74. The van der Waals surface area contributed by atoms with Gasteiger partial charge in [0.1, 0.15) is 0 Å². The second-order valence-electron chi connectivity index (χ2n) is 4.92. The number of halogens is 2. The summed E-state index contributed by atoms with van der Waals surface area (Å²) in [6, 6.07) is -0.364. The number of amides is 1. The van der Waals surface area contributed by atoms with E-state index < -0.39 is 12.5 Å². The van der Waals surface area contributed by atoms with Crippen LogP contribution in [0.25, 0.3) is 0 Å². The molecule has 1 amide bonds. The van der Waals surface area contributed by atoms with E-state index in [0.29, 0.717) is 6.42 Å². The number of hydrogen-bond acceptors (Lipinski definition) is 2. The van der Waals surface area contributed by atoms with Crippen molar-refractivity contribution < 1.29 is 13.6 Å². The number of carbonyl (C=O) groups excluding carboxylic acids is 1. The first-order valence-electron chi connectivity index (χ1n) is 5.59. The molecule has 0 aromatic rings. The lowest BCUT2D eigenvalue weighted by atomic mass is 10.1. The lowest BCUT2D eigenvalue weighted by Crippen LogP contribution is -2.39. The van der Waals surface area contributed by atoms with E-state index in [1.165, 1.54) is 4.90 Å². The standard InChI is InChI=1S/C11H19F2NOS/c1-7(2)10(15)14-6-11(12,13)5-9(14)4-8(3)16/h7-9,16H,4-6H2,1-3H3/t8?,9-/m0/s1. The van der Waals surface area contributed by atoms with Gasteiger partial charge in [0.05, 0.1) is 6.54 Å². The van der Waals surface area contributed by atoms with Crippen molar-refractivity contribution >= 4 is 18.5 Å². The van der Waals surface area contributed by atoms with Gasteiger partial charge < -0.3 is 4.90 Å². The normalized spacial score (nSPS) is 26.2. The van der Waals surface area contributed by atoms with Crippen LogP contribution in [0, 0.1) is 5.92 Å². The zero-order chi connectivity index (χ0) is 12.5. The number of rotatable bonds is 3. The van der Waals surface area contributed by atoms with Crippen LogP contribution in [0.2, 0.25) is 0 Å². The second-order valence-corrected chi connectivity index (χ2v) is 5.80. The smallest absolute Gasteiger partial charge is 0.267 e. The third-order valence-electron chi connectivity index (χ3n) is 2.77. The van der Waals surface area contributed by atoms with Crippen molar-refractivity contribution in [3.63, 3.8) is 0 Å². The summed E-state index contributed by atoms with van der Waals surface area (Å²) in [6.07, 6.45) is 0.299. The van der Waals surface area contributed by atoms with Crippen molar-refractivity contribution in [1.29, 1.82) is 0 Å². The van der Waals surface area contributed by atoms with E-state index in [0.717, 1.165) is 0 Å². The Kier molecular flexibility index (Phi) is 4.21. The zero-order valence-electron chi connectivity index (χ0n) is 9.91. The van der Waals surface area contributed by atoms with Gasteiger partial charge in [0.25, 0.3) is 5.92 Å². The SMILES string of the molecule is CC(S)C[C@H]1CC(F)(F)CN1C(=O)C(C)C. The molecule has 1 fully saturated rings. The van der Waals surface area contributed by atoms with E-state index in [2.05, 4.69) is 12.6 Å². The van der Waals surface area contributed by atoms with Gasteiger partial charge in [-0.2, -0.15) is 12.6 Å². The molecule has 2 atom stereocenters. The highest BCUT2D eigenvalue weighted by molar-refractivity contribution is 7.80. The number of hydrogen-bond donors (Lipinski definition) is 1. The summed E-state index contributed by atoms with van der Waals surface area (Å²) in [6.45, 7) is 4.90. The second kappa shape index (κ2) is 4.90. The van der Waals surface area contributed by atoms with E-state index in [1.54, 1.807) is 13.8 Å². The molecule has 1 aliphatic rings. The fraction of sp³-hybridized carbons (Fsp3) is 0.909. The van der Waals surface area contributed by atoms with Gasteiger partial charge in [-0.15, -0.1) is 0 Å². The highest BCUT2D eigenvalue weighted by Crippen LogP contribution is 2.35. The van der Waals surface area contributed by atoms with Crippen LogP contribution in [0.15, 0.2) is 0 Å². The molecule has 1 saturated heterocycles. The molecule has 1 unspecified atom stereocenters. The van der Waals surface area contributed by atoms with Gasteiger partial charge in [-0.1, -0.05) is 20.8 Å². The van der Waals surface area contributed by atoms with Crippen LogP contribution < -0.4 is 0 Å². The van der Waals surface area contributed by atoms with E-state index in [1.807, 2.05) is 6.92 Å². The summed E-state index contributed by atoms with van der Waals surface area (Å²) in [4.78, 5) is 13.1. The van der Waals surface area contributed by atoms with E-state index in [-0.39, 0.29) is 29.5 Å². The summed E-state index contributed by atoms with van der Waals surface area (Å²) in [5.74, 6) is -3.15. The van der Waals surface area contributed by atoms with Crippen molar-refractivity contribution in [1.82, 2.24) is 4.90 Å². The summed E-state index contributed by atoms with van der Waals surface area (Å²) in [5, 5.41) is 0.0290. The Morgan fingerprint density at radius 3 is 2.50 bits per heavy atom. The predicted molar refractivity (Wildman–Crippen MR) is 63.0 cm³/mol. The van der Waals surface area contributed by atoms with Crippen molar-refractivity contribution in [2.75, 3.05) is 6.54 Å². The fourth-order valence-electron chi connectivity index (χ4n) is 2.09. The molecule has 5 heteroatoms. The highest BCUT2D eigenvalue weighted by atomic mass is 32.1. The van der Waals surface area contributed by atoms with Gasteiger partial charge in [-0.3, -0.25) is 4.79 Å². The Balaban J connectivity index is 2.76. The summed E-state index contributed by atoms with van der Waals surface area (Å²) in [7, 11) is 0. The van der Waals surface area contributed by atoms with Gasteiger partial charge in [0.15, 0.2) is 0 Å². The molecule has 0 spiro atoms. The number of likely N-dealkylation sites (tertiary alicyclic amines) is 1. The molecular formula is C11H19F2NOS. The largest absolute Gasteiger partial charge is 0.333 e. The summed E-state index contributed by atoms with van der Waals surface area (Å²) >= 11 is 4.21. The van der Waals surface area contributed by atoms with Crippen LogP contribution in [0.1, 0.15) is 33.6 Å². The first-order chi connectivity index (χ1) is 7.23. The Morgan fingerprint density at radius 1 is 1.50 bits per heavy atom. The van der Waals surface area contributed by atoms with Crippen LogP contribution in [-0.4, -0.2) is 34.6 Å². The minimum absolute atomic E-state index is 0.0290. The van der Waals surface area contributed by atoms with Crippen molar-refractivity contribution in [2.24, 2.45) is 5.92 Å². The van der Waals surface area contributed by atoms with Gasteiger partial charge in [-0.05, 0) is 6.42 Å². The average molecular weight is 251 g/mol. The van der Waals surface area contributed by atoms with Crippen LogP contribution >= 0.6 is 12.6 Å². The van der Waals surface area contributed by atoms with Crippen LogP contribution in [0.5, 0.6) is 0 Å². The molecule has 0 saturated carbocycles. The lowest BCUT2D eigenvalue weighted by molar-refractivity contribution is -0.136. The molecule has 0 bridgehead atoms. The van der Waals surface area contributed by atoms with Crippen molar-refractivity contribution in [3.8, 4) is 0 Å². The molecule has 1 rings (SSSR count). The topological polar surface area (TPSA) is 20.3 Å². The van der Waals surface area contributed by atoms with Crippen molar-refractivity contribution in [2.45, 2.75) is 50.8 Å².